The molecule has 0 aromatic carbocycles. The summed E-state index contributed by atoms with van der Waals surface area (Å²) in [5.74, 6) is 0. The van der Waals surface area contributed by atoms with Crippen LogP contribution in [-0.4, -0.2) is 77.8 Å². The molecule has 1 aliphatic heterocycles. The van der Waals surface area contributed by atoms with Gasteiger partial charge in [-0.15, -0.1) is 0 Å². The number of nitrogens with zero attached hydrogens (tertiary/aromatic N) is 1. The quantitative estimate of drug-likeness (QED) is 0.532. The summed E-state index contributed by atoms with van der Waals surface area (Å²) in [7, 11) is 3.47. The van der Waals surface area contributed by atoms with E-state index in [1.54, 1.807) is 14.2 Å². The maximum absolute atomic E-state index is 5.63. The molecule has 5 heteroatoms. The molecule has 0 saturated carbocycles. The molecule has 1 saturated heterocycles. The molecule has 0 amide bonds. The van der Waals surface area contributed by atoms with Gasteiger partial charge in [0.15, 0.2) is 0 Å². The van der Waals surface area contributed by atoms with Crippen LogP contribution in [0.4, 0.5) is 0 Å². The molecular formula is C14H30N2O3. The molecule has 1 fully saturated rings. The summed E-state index contributed by atoms with van der Waals surface area (Å²) in [4.78, 5) is 2.54. The lowest BCUT2D eigenvalue weighted by atomic mass is 10.2. The average molecular weight is 274 g/mol. The van der Waals surface area contributed by atoms with E-state index in [1.807, 2.05) is 0 Å². The summed E-state index contributed by atoms with van der Waals surface area (Å²) < 4.78 is 15.7. The van der Waals surface area contributed by atoms with Gasteiger partial charge in [-0.25, -0.2) is 0 Å². The number of methoxy groups -OCH3 is 2. The van der Waals surface area contributed by atoms with E-state index in [0.717, 1.165) is 52.5 Å². The normalized spacial score (nSPS) is 20.2. The molecule has 1 N–H and O–H groups in total. The third-order valence-electron chi connectivity index (χ3n) is 3.52. The summed E-state index contributed by atoms with van der Waals surface area (Å²) in [5.41, 5.74) is 0. The van der Waals surface area contributed by atoms with Crippen molar-refractivity contribution in [2.24, 2.45) is 0 Å². The predicted molar refractivity (Wildman–Crippen MR) is 76.7 cm³/mol. The highest BCUT2D eigenvalue weighted by molar-refractivity contribution is 4.80. The molecule has 0 aliphatic carbocycles. The minimum atomic E-state index is 0.666. The molecule has 0 bridgehead atoms. The molecule has 114 valence electrons. The van der Waals surface area contributed by atoms with Crippen LogP contribution in [0.25, 0.3) is 0 Å². The summed E-state index contributed by atoms with van der Waals surface area (Å²) >= 11 is 0. The minimum Gasteiger partial charge on any atom is -0.385 e. The van der Waals surface area contributed by atoms with Gasteiger partial charge in [-0.3, -0.25) is 4.90 Å². The SMILES string of the molecule is COCCCOCCN1CCCC1CNCCOC. The van der Waals surface area contributed by atoms with Crippen LogP contribution < -0.4 is 5.32 Å². The Bertz CT molecular complexity index is 205. The second-order valence-electron chi connectivity index (χ2n) is 4.99. The van der Waals surface area contributed by atoms with Crippen molar-refractivity contribution in [3.8, 4) is 0 Å². The zero-order valence-electron chi connectivity index (χ0n) is 12.5. The molecule has 1 rings (SSSR count). The lowest BCUT2D eigenvalue weighted by Crippen LogP contribution is -2.40. The van der Waals surface area contributed by atoms with E-state index in [9.17, 15) is 0 Å². The van der Waals surface area contributed by atoms with Crippen molar-refractivity contribution in [3.63, 3.8) is 0 Å². The largest absolute Gasteiger partial charge is 0.385 e. The fourth-order valence-corrected chi connectivity index (χ4v) is 2.45. The van der Waals surface area contributed by atoms with Gasteiger partial charge in [-0.2, -0.15) is 0 Å². The molecule has 0 radical (unpaired) electrons. The van der Waals surface area contributed by atoms with E-state index in [-0.39, 0.29) is 0 Å². The summed E-state index contributed by atoms with van der Waals surface area (Å²) in [6.07, 6.45) is 3.59. The number of hydrogen-bond donors (Lipinski definition) is 1. The maximum atomic E-state index is 5.63. The Labute approximate surface area is 117 Å². The number of ether oxygens (including phenoxy) is 3. The van der Waals surface area contributed by atoms with Gasteiger partial charge in [0, 0.05) is 53.1 Å². The van der Waals surface area contributed by atoms with Gasteiger partial charge in [-0.05, 0) is 25.8 Å². The lowest BCUT2D eigenvalue weighted by molar-refractivity contribution is 0.0805. The van der Waals surface area contributed by atoms with Gasteiger partial charge >= 0.3 is 0 Å². The molecule has 5 nitrogen and oxygen atoms in total. The molecule has 1 heterocycles. The average Bonchev–Trinajstić information content (AvgIpc) is 2.86. The first-order valence-electron chi connectivity index (χ1n) is 7.39. The van der Waals surface area contributed by atoms with Gasteiger partial charge < -0.3 is 19.5 Å². The van der Waals surface area contributed by atoms with Crippen molar-refractivity contribution in [2.75, 3.05) is 66.8 Å². The molecule has 1 atom stereocenters. The Morgan fingerprint density at radius 2 is 1.95 bits per heavy atom. The van der Waals surface area contributed by atoms with E-state index in [4.69, 9.17) is 14.2 Å². The maximum Gasteiger partial charge on any atom is 0.0593 e. The van der Waals surface area contributed by atoms with Gasteiger partial charge in [0.1, 0.15) is 0 Å². The van der Waals surface area contributed by atoms with Crippen molar-refractivity contribution >= 4 is 0 Å². The Morgan fingerprint density at radius 1 is 1.11 bits per heavy atom. The summed E-state index contributed by atoms with van der Waals surface area (Å²) in [6.45, 7) is 7.46. The Kier molecular flexibility index (Phi) is 10.3. The van der Waals surface area contributed by atoms with Crippen molar-refractivity contribution in [1.82, 2.24) is 10.2 Å². The highest BCUT2D eigenvalue weighted by Crippen LogP contribution is 2.15. The van der Waals surface area contributed by atoms with Gasteiger partial charge in [0.25, 0.3) is 0 Å². The fraction of sp³-hybridized carbons (Fsp3) is 1.00. The first-order valence-corrected chi connectivity index (χ1v) is 7.39. The number of likely N-dealkylation sites (tertiary alicyclic amines) is 1. The zero-order chi connectivity index (χ0) is 13.8. The van der Waals surface area contributed by atoms with E-state index in [2.05, 4.69) is 10.2 Å². The van der Waals surface area contributed by atoms with Crippen LogP contribution in [0.15, 0.2) is 0 Å². The molecule has 0 spiro atoms. The molecular weight excluding hydrogens is 244 g/mol. The third-order valence-corrected chi connectivity index (χ3v) is 3.52. The van der Waals surface area contributed by atoms with Crippen LogP contribution in [0.3, 0.4) is 0 Å². The van der Waals surface area contributed by atoms with E-state index < -0.39 is 0 Å². The smallest absolute Gasteiger partial charge is 0.0593 e. The predicted octanol–water partition coefficient (Wildman–Crippen LogP) is 0.740. The van der Waals surface area contributed by atoms with Crippen LogP contribution in [0, 0.1) is 0 Å². The summed E-state index contributed by atoms with van der Waals surface area (Å²) in [6, 6.07) is 0.666. The molecule has 0 aromatic rings. The second-order valence-corrected chi connectivity index (χ2v) is 4.99. The highest BCUT2D eigenvalue weighted by Gasteiger charge is 2.23. The first-order chi connectivity index (χ1) is 9.38. The van der Waals surface area contributed by atoms with Gasteiger partial charge in [0.05, 0.1) is 13.2 Å². The minimum absolute atomic E-state index is 0.666. The van der Waals surface area contributed by atoms with Crippen molar-refractivity contribution < 1.29 is 14.2 Å². The number of hydrogen-bond acceptors (Lipinski definition) is 5. The Hall–Kier alpha value is -0.200. The first kappa shape index (κ1) is 16.9. The Balaban J connectivity index is 2.00. The number of nitrogens with one attached hydrogen (secondary N) is 1. The highest BCUT2D eigenvalue weighted by atomic mass is 16.5. The monoisotopic (exact) mass is 274 g/mol. The fourth-order valence-electron chi connectivity index (χ4n) is 2.45. The van der Waals surface area contributed by atoms with E-state index in [1.165, 1.54) is 19.4 Å². The van der Waals surface area contributed by atoms with Crippen LogP contribution in [0.5, 0.6) is 0 Å². The topological polar surface area (TPSA) is 43.0 Å². The Morgan fingerprint density at radius 3 is 2.74 bits per heavy atom. The van der Waals surface area contributed by atoms with Gasteiger partial charge in [0.2, 0.25) is 0 Å². The number of rotatable bonds is 12. The summed E-state index contributed by atoms with van der Waals surface area (Å²) in [5, 5.41) is 3.45. The van der Waals surface area contributed by atoms with E-state index >= 15 is 0 Å². The molecule has 19 heavy (non-hydrogen) atoms. The van der Waals surface area contributed by atoms with Gasteiger partial charge in [-0.1, -0.05) is 0 Å². The van der Waals surface area contributed by atoms with Crippen LogP contribution >= 0.6 is 0 Å². The second kappa shape index (κ2) is 11.6. The van der Waals surface area contributed by atoms with Crippen molar-refractivity contribution in [3.05, 3.63) is 0 Å². The van der Waals surface area contributed by atoms with Crippen LogP contribution in [0.1, 0.15) is 19.3 Å². The standard InChI is InChI=1S/C14H30N2O3/c1-17-9-4-10-19-12-8-16-7-3-5-14(16)13-15-6-11-18-2/h14-15H,3-13H2,1-2H3. The molecule has 0 aromatic heterocycles. The zero-order valence-corrected chi connectivity index (χ0v) is 12.5. The van der Waals surface area contributed by atoms with Crippen LogP contribution in [-0.2, 0) is 14.2 Å². The van der Waals surface area contributed by atoms with E-state index in [0.29, 0.717) is 6.04 Å². The third kappa shape index (κ3) is 7.84. The molecule has 1 unspecified atom stereocenters. The van der Waals surface area contributed by atoms with Crippen molar-refractivity contribution in [2.45, 2.75) is 25.3 Å². The van der Waals surface area contributed by atoms with Crippen molar-refractivity contribution in [1.29, 1.82) is 0 Å². The lowest BCUT2D eigenvalue weighted by Gasteiger charge is -2.24. The molecule has 1 aliphatic rings. The van der Waals surface area contributed by atoms with Crippen LogP contribution in [0.2, 0.25) is 0 Å².